The summed E-state index contributed by atoms with van der Waals surface area (Å²) in [5.74, 6) is -3.70. The van der Waals surface area contributed by atoms with E-state index in [1.54, 1.807) is 6.92 Å². The Morgan fingerprint density at radius 1 is 0.892 bits per heavy atom. The largest absolute Gasteiger partial charge is 0.480 e. The van der Waals surface area contributed by atoms with Crippen LogP contribution in [-0.2, 0) is 24.0 Å². The van der Waals surface area contributed by atoms with Gasteiger partial charge in [0.05, 0.1) is 6.04 Å². The van der Waals surface area contributed by atoms with Crippen LogP contribution < -0.4 is 38.9 Å². The van der Waals surface area contributed by atoms with E-state index in [4.69, 9.17) is 22.9 Å². The summed E-state index contributed by atoms with van der Waals surface area (Å²) < 4.78 is 0. The van der Waals surface area contributed by atoms with Crippen molar-refractivity contribution in [1.82, 2.24) is 16.0 Å². The standard InChI is InChI=1S/C22H42N8O6S/c1-4-12(2)17(24)20(34)29-13(7-8-16(23)31)18(32)28-14(9-11-37-3)19(33)30-15(21(35)36)6-5-10-27-22(25)26/h12-15,17H,4-11,24H2,1-3H3,(H2,23,31)(H,28,32)(H,29,34)(H,30,33)(H,35,36)(H4,25,26,27). The van der Waals surface area contributed by atoms with Gasteiger partial charge in [-0.3, -0.25) is 24.2 Å². The first-order valence-corrected chi connectivity index (χ1v) is 13.4. The monoisotopic (exact) mass is 546 g/mol. The molecule has 0 aliphatic carbocycles. The van der Waals surface area contributed by atoms with Crippen LogP contribution in [0.4, 0.5) is 0 Å². The Hall–Kier alpha value is -3.07. The fourth-order valence-electron chi connectivity index (χ4n) is 3.15. The highest BCUT2D eigenvalue weighted by molar-refractivity contribution is 7.98. The maximum Gasteiger partial charge on any atom is 0.326 e. The number of carboxylic acid groups (broad SMARTS) is 1. The van der Waals surface area contributed by atoms with Crippen LogP contribution in [0.2, 0.25) is 0 Å². The van der Waals surface area contributed by atoms with Gasteiger partial charge in [-0.05, 0) is 43.6 Å². The van der Waals surface area contributed by atoms with Crippen LogP contribution >= 0.6 is 11.8 Å². The Morgan fingerprint density at radius 3 is 1.92 bits per heavy atom. The zero-order valence-corrected chi connectivity index (χ0v) is 22.5. The lowest BCUT2D eigenvalue weighted by Gasteiger charge is -2.26. The van der Waals surface area contributed by atoms with Gasteiger partial charge in [0.1, 0.15) is 18.1 Å². The number of nitrogens with zero attached hydrogens (tertiary/aromatic N) is 1. The van der Waals surface area contributed by atoms with Crippen molar-refractivity contribution in [2.45, 2.75) is 76.5 Å². The molecule has 0 fully saturated rings. The van der Waals surface area contributed by atoms with Crippen LogP contribution in [0, 0.1) is 5.92 Å². The quantitative estimate of drug-likeness (QED) is 0.0500. The summed E-state index contributed by atoms with van der Waals surface area (Å²) >= 11 is 1.43. The fraction of sp³-hybridized carbons (Fsp3) is 0.727. The molecule has 0 aliphatic heterocycles. The predicted molar refractivity (Wildman–Crippen MR) is 142 cm³/mol. The second kappa shape index (κ2) is 18.2. The lowest BCUT2D eigenvalue weighted by atomic mass is 9.98. The van der Waals surface area contributed by atoms with E-state index in [2.05, 4.69) is 20.9 Å². The highest BCUT2D eigenvalue weighted by Crippen LogP contribution is 2.09. The van der Waals surface area contributed by atoms with E-state index in [-0.39, 0.29) is 44.1 Å². The summed E-state index contributed by atoms with van der Waals surface area (Å²) in [5, 5.41) is 17.0. The lowest BCUT2D eigenvalue weighted by molar-refractivity contribution is -0.142. The molecule has 0 aromatic carbocycles. The van der Waals surface area contributed by atoms with Crippen LogP contribution in [-0.4, -0.2) is 83.4 Å². The van der Waals surface area contributed by atoms with E-state index in [1.165, 1.54) is 11.8 Å². The summed E-state index contributed by atoms with van der Waals surface area (Å²) in [4.78, 5) is 65.3. The summed E-state index contributed by atoms with van der Waals surface area (Å²) in [6.45, 7) is 3.85. The van der Waals surface area contributed by atoms with Gasteiger partial charge in [0, 0.05) is 13.0 Å². The zero-order chi connectivity index (χ0) is 28.5. The normalized spacial score (nSPS) is 14.8. The molecule has 0 saturated carbocycles. The maximum atomic E-state index is 13.1. The Balaban J connectivity index is 5.53. The van der Waals surface area contributed by atoms with Gasteiger partial charge in [0.15, 0.2) is 5.96 Å². The maximum absolute atomic E-state index is 13.1. The molecule has 0 rings (SSSR count). The van der Waals surface area contributed by atoms with Crippen LogP contribution in [0.3, 0.4) is 0 Å². The third-order valence-electron chi connectivity index (χ3n) is 5.68. The van der Waals surface area contributed by atoms with Crippen LogP contribution in [0.5, 0.6) is 0 Å². The molecular formula is C22H42N8O6S. The first-order valence-electron chi connectivity index (χ1n) is 12.1. The number of carbonyl (C=O) groups excluding carboxylic acids is 4. The second-order valence-electron chi connectivity index (χ2n) is 8.67. The zero-order valence-electron chi connectivity index (χ0n) is 21.7. The Kier molecular flexibility index (Phi) is 16.7. The number of nitrogens with one attached hydrogen (secondary N) is 3. The van der Waals surface area contributed by atoms with E-state index in [1.807, 2.05) is 13.2 Å². The number of rotatable bonds is 19. The van der Waals surface area contributed by atoms with Crippen LogP contribution in [0.25, 0.3) is 0 Å². The molecule has 0 bridgehead atoms. The van der Waals surface area contributed by atoms with Crippen molar-refractivity contribution in [3.05, 3.63) is 0 Å². The number of amides is 4. The third-order valence-corrected chi connectivity index (χ3v) is 6.32. The van der Waals surface area contributed by atoms with Gasteiger partial charge in [0.2, 0.25) is 23.6 Å². The summed E-state index contributed by atoms with van der Waals surface area (Å²) in [6.07, 6.45) is 2.73. The summed E-state index contributed by atoms with van der Waals surface area (Å²) in [7, 11) is 0. The number of aliphatic imine (C=N–C) groups is 1. The molecule has 37 heavy (non-hydrogen) atoms. The number of hydrogen-bond acceptors (Lipinski definition) is 8. The topological polar surface area (TPSA) is 258 Å². The first-order chi connectivity index (χ1) is 17.3. The number of primary amides is 1. The molecule has 4 amide bonds. The molecule has 5 unspecified atom stereocenters. The summed E-state index contributed by atoms with van der Waals surface area (Å²) in [6, 6.07) is -4.36. The van der Waals surface area contributed by atoms with Crippen molar-refractivity contribution in [3.8, 4) is 0 Å². The molecule has 15 heteroatoms. The third kappa shape index (κ3) is 14.3. The van der Waals surface area contributed by atoms with Crippen molar-refractivity contribution >= 4 is 47.3 Å². The van der Waals surface area contributed by atoms with Gasteiger partial charge in [0.25, 0.3) is 0 Å². The smallest absolute Gasteiger partial charge is 0.326 e. The second-order valence-corrected chi connectivity index (χ2v) is 9.65. The Bertz CT molecular complexity index is 808. The minimum Gasteiger partial charge on any atom is -0.480 e. The van der Waals surface area contributed by atoms with Crippen molar-refractivity contribution in [2.75, 3.05) is 18.6 Å². The Morgan fingerprint density at radius 2 is 1.43 bits per heavy atom. The number of nitrogens with two attached hydrogens (primary N) is 4. The van der Waals surface area contributed by atoms with E-state index < -0.39 is 53.8 Å². The molecule has 0 aliphatic rings. The molecular weight excluding hydrogens is 504 g/mol. The van der Waals surface area contributed by atoms with Crippen LogP contribution in [0.1, 0.15) is 52.4 Å². The molecule has 14 nitrogen and oxygen atoms in total. The van der Waals surface area contributed by atoms with Crippen molar-refractivity contribution in [1.29, 1.82) is 0 Å². The molecule has 0 aromatic heterocycles. The molecule has 0 saturated heterocycles. The minimum absolute atomic E-state index is 0.0614. The number of hydrogen-bond donors (Lipinski definition) is 8. The van der Waals surface area contributed by atoms with Crippen molar-refractivity contribution in [3.63, 3.8) is 0 Å². The predicted octanol–water partition coefficient (Wildman–Crippen LogP) is -2.03. The van der Waals surface area contributed by atoms with Gasteiger partial charge < -0.3 is 44.0 Å². The number of carboxylic acids is 1. The molecule has 0 heterocycles. The molecule has 0 aromatic rings. The lowest BCUT2D eigenvalue weighted by Crippen LogP contribution is -2.57. The van der Waals surface area contributed by atoms with Crippen molar-refractivity contribution < 1.29 is 29.1 Å². The SMILES string of the molecule is CCC(C)C(N)C(=O)NC(CCC(N)=O)C(=O)NC(CCSC)C(=O)NC(CCCN=C(N)N)C(=O)O. The van der Waals surface area contributed by atoms with E-state index in [9.17, 15) is 29.1 Å². The van der Waals surface area contributed by atoms with Gasteiger partial charge >= 0.3 is 5.97 Å². The number of thioether (sulfide) groups is 1. The molecule has 212 valence electrons. The van der Waals surface area contributed by atoms with Gasteiger partial charge in [-0.1, -0.05) is 20.3 Å². The average molecular weight is 547 g/mol. The van der Waals surface area contributed by atoms with E-state index in [0.717, 1.165) is 0 Å². The molecule has 0 radical (unpaired) electrons. The average Bonchev–Trinajstić information content (AvgIpc) is 2.83. The first kappa shape index (κ1) is 33.9. The van der Waals surface area contributed by atoms with Gasteiger partial charge in [-0.2, -0.15) is 11.8 Å². The van der Waals surface area contributed by atoms with Gasteiger partial charge in [-0.15, -0.1) is 0 Å². The van der Waals surface area contributed by atoms with Crippen molar-refractivity contribution in [2.24, 2.45) is 33.8 Å². The molecule has 5 atom stereocenters. The highest BCUT2D eigenvalue weighted by atomic mass is 32.2. The highest BCUT2D eigenvalue weighted by Gasteiger charge is 2.31. The number of carbonyl (C=O) groups is 5. The fourth-order valence-corrected chi connectivity index (χ4v) is 3.62. The van der Waals surface area contributed by atoms with Gasteiger partial charge in [-0.25, -0.2) is 4.79 Å². The molecule has 0 spiro atoms. The minimum atomic E-state index is -1.25. The molecule has 12 N–H and O–H groups in total. The van der Waals surface area contributed by atoms with E-state index in [0.29, 0.717) is 18.6 Å². The van der Waals surface area contributed by atoms with Crippen LogP contribution in [0.15, 0.2) is 4.99 Å². The van der Waals surface area contributed by atoms with E-state index >= 15 is 0 Å². The number of guanidine groups is 1. The summed E-state index contributed by atoms with van der Waals surface area (Å²) in [5.41, 5.74) is 21.7. The number of aliphatic carboxylic acids is 1. The Labute approximate surface area is 221 Å².